The van der Waals surface area contributed by atoms with Gasteiger partial charge in [-0.05, 0) is 30.7 Å². The quantitative estimate of drug-likeness (QED) is 0.478. The lowest BCUT2D eigenvalue weighted by Gasteiger charge is -2.20. The summed E-state index contributed by atoms with van der Waals surface area (Å²) in [5.41, 5.74) is -2.02. The number of benzene rings is 1. The van der Waals surface area contributed by atoms with Gasteiger partial charge in [-0.2, -0.15) is 13.2 Å². The molecule has 0 unspecified atom stereocenters. The van der Waals surface area contributed by atoms with Gasteiger partial charge in [0.2, 0.25) is 5.43 Å². The van der Waals surface area contributed by atoms with Gasteiger partial charge in [-0.15, -0.1) is 0 Å². The van der Waals surface area contributed by atoms with E-state index in [2.05, 4.69) is 4.98 Å². The topological polar surface area (TPSA) is 64.0 Å². The molecule has 2 heterocycles. The number of pyridine rings is 2. The SMILES string of the molecule is CC[C@@H](NC(=O)c1cn(-c2ccc(F)cc2F)c2nc(Cl)ccc2c1=O)C(F)(F)F. The Bertz CT molecular complexity index is 1190. The number of aromatic nitrogens is 2. The maximum absolute atomic E-state index is 14.4. The molecule has 1 N–H and O–H groups in total. The van der Waals surface area contributed by atoms with Gasteiger partial charge in [-0.3, -0.25) is 14.2 Å². The Kier molecular flexibility index (Phi) is 5.80. The zero-order chi connectivity index (χ0) is 22.2. The van der Waals surface area contributed by atoms with Gasteiger partial charge in [-0.1, -0.05) is 18.5 Å². The van der Waals surface area contributed by atoms with Crippen LogP contribution >= 0.6 is 11.6 Å². The minimum atomic E-state index is -4.72. The predicted molar refractivity (Wildman–Crippen MR) is 99.9 cm³/mol. The highest BCUT2D eigenvalue weighted by Gasteiger charge is 2.39. The van der Waals surface area contributed by atoms with Crippen molar-refractivity contribution in [1.29, 1.82) is 0 Å². The Hall–Kier alpha value is -3.01. The average Bonchev–Trinajstić information content (AvgIpc) is 2.66. The lowest BCUT2D eigenvalue weighted by molar-refractivity contribution is -0.153. The van der Waals surface area contributed by atoms with Crippen molar-refractivity contribution in [2.45, 2.75) is 25.6 Å². The van der Waals surface area contributed by atoms with Gasteiger partial charge in [0.25, 0.3) is 5.91 Å². The van der Waals surface area contributed by atoms with Crippen LogP contribution in [0.2, 0.25) is 5.15 Å². The summed E-state index contributed by atoms with van der Waals surface area (Å²) in [6.07, 6.45) is -4.33. The molecule has 1 aromatic carbocycles. The van der Waals surface area contributed by atoms with Gasteiger partial charge in [0.1, 0.15) is 34.0 Å². The van der Waals surface area contributed by atoms with E-state index < -0.39 is 47.2 Å². The lowest BCUT2D eigenvalue weighted by atomic mass is 10.1. The number of carbonyl (C=O) groups excluding carboxylic acids is 1. The van der Waals surface area contributed by atoms with Crippen molar-refractivity contribution in [3.05, 3.63) is 69.1 Å². The van der Waals surface area contributed by atoms with Gasteiger partial charge in [0, 0.05) is 12.3 Å². The van der Waals surface area contributed by atoms with Crippen LogP contribution < -0.4 is 10.7 Å². The van der Waals surface area contributed by atoms with Crippen LogP contribution in [0.3, 0.4) is 0 Å². The van der Waals surface area contributed by atoms with Gasteiger partial charge >= 0.3 is 6.18 Å². The van der Waals surface area contributed by atoms with E-state index in [-0.39, 0.29) is 21.9 Å². The molecule has 0 fully saturated rings. The molecule has 0 bridgehead atoms. The van der Waals surface area contributed by atoms with Gasteiger partial charge < -0.3 is 5.32 Å². The third-order valence-electron chi connectivity index (χ3n) is 4.34. The number of nitrogens with zero attached hydrogens (tertiary/aromatic N) is 2. The molecular formula is C19H13ClF5N3O2. The van der Waals surface area contributed by atoms with Crippen LogP contribution in [0, 0.1) is 11.6 Å². The van der Waals surface area contributed by atoms with E-state index in [0.717, 1.165) is 22.9 Å². The number of halogens is 6. The highest BCUT2D eigenvalue weighted by Crippen LogP contribution is 2.24. The zero-order valence-corrected chi connectivity index (χ0v) is 16.0. The van der Waals surface area contributed by atoms with Gasteiger partial charge in [0.15, 0.2) is 0 Å². The summed E-state index contributed by atoms with van der Waals surface area (Å²) in [7, 11) is 0. The summed E-state index contributed by atoms with van der Waals surface area (Å²) in [6, 6.07) is 2.80. The number of hydrogen-bond donors (Lipinski definition) is 1. The Labute approximate surface area is 171 Å². The standard InChI is InChI=1S/C19H13ClF5N3O2/c1-2-14(19(23,24)25)26-18(30)11-8-28(13-5-3-9(21)7-12(13)22)17-10(16(11)29)4-6-15(20)27-17/h3-8,14H,2H2,1H3,(H,26,30)/t14-/m1/s1. The summed E-state index contributed by atoms with van der Waals surface area (Å²) in [5, 5.41) is 1.52. The van der Waals surface area contributed by atoms with Crippen molar-refractivity contribution in [1.82, 2.24) is 14.9 Å². The molecule has 2 aromatic heterocycles. The van der Waals surface area contributed by atoms with Gasteiger partial charge in [0.05, 0.1) is 11.1 Å². The monoisotopic (exact) mass is 445 g/mol. The summed E-state index contributed by atoms with van der Waals surface area (Å²) in [5.74, 6) is -3.21. The normalized spacial score (nSPS) is 12.8. The molecule has 0 aliphatic carbocycles. The Morgan fingerprint density at radius 2 is 1.93 bits per heavy atom. The number of alkyl halides is 3. The summed E-state index contributed by atoms with van der Waals surface area (Å²) in [4.78, 5) is 29.2. The van der Waals surface area contributed by atoms with Crippen molar-refractivity contribution in [2.75, 3.05) is 0 Å². The molecule has 3 aromatic rings. The van der Waals surface area contributed by atoms with E-state index in [1.54, 1.807) is 5.32 Å². The molecule has 0 spiro atoms. The summed E-state index contributed by atoms with van der Waals surface area (Å²) < 4.78 is 67.7. The first-order valence-electron chi connectivity index (χ1n) is 8.57. The largest absolute Gasteiger partial charge is 0.408 e. The summed E-state index contributed by atoms with van der Waals surface area (Å²) >= 11 is 5.85. The van der Waals surface area contributed by atoms with Crippen LogP contribution in [0.1, 0.15) is 23.7 Å². The van der Waals surface area contributed by atoms with Crippen LogP contribution in [-0.2, 0) is 0 Å². The number of carbonyl (C=O) groups is 1. The molecule has 0 aliphatic heterocycles. The van der Waals surface area contributed by atoms with Crippen molar-refractivity contribution < 1.29 is 26.7 Å². The summed E-state index contributed by atoms with van der Waals surface area (Å²) in [6.45, 7) is 1.22. The molecule has 30 heavy (non-hydrogen) atoms. The van der Waals surface area contributed by atoms with Crippen molar-refractivity contribution in [3.8, 4) is 5.69 Å². The van der Waals surface area contributed by atoms with E-state index >= 15 is 0 Å². The van der Waals surface area contributed by atoms with Crippen LogP contribution in [0.5, 0.6) is 0 Å². The average molecular weight is 446 g/mol. The number of rotatable bonds is 4. The fourth-order valence-electron chi connectivity index (χ4n) is 2.85. The fraction of sp³-hybridized carbons (Fsp3) is 0.211. The first-order valence-corrected chi connectivity index (χ1v) is 8.95. The Morgan fingerprint density at radius 3 is 2.53 bits per heavy atom. The van der Waals surface area contributed by atoms with Crippen LogP contribution in [0.4, 0.5) is 22.0 Å². The first kappa shape index (κ1) is 21.7. The molecule has 158 valence electrons. The molecule has 0 radical (unpaired) electrons. The van der Waals surface area contributed by atoms with E-state index in [1.807, 2.05) is 0 Å². The van der Waals surface area contributed by atoms with Crippen molar-refractivity contribution >= 4 is 28.5 Å². The van der Waals surface area contributed by atoms with E-state index in [4.69, 9.17) is 11.6 Å². The second-order valence-electron chi connectivity index (χ2n) is 6.32. The number of fused-ring (bicyclic) bond motifs is 1. The minimum absolute atomic E-state index is 0.0570. The molecule has 0 aliphatic rings. The van der Waals surface area contributed by atoms with E-state index in [0.29, 0.717) is 6.07 Å². The maximum Gasteiger partial charge on any atom is 0.408 e. The Balaban J connectivity index is 2.24. The number of hydrogen-bond acceptors (Lipinski definition) is 3. The van der Waals surface area contributed by atoms with Crippen LogP contribution in [-0.4, -0.2) is 27.7 Å². The third-order valence-corrected chi connectivity index (χ3v) is 4.55. The van der Waals surface area contributed by atoms with Crippen molar-refractivity contribution in [3.63, 3.8) is 0 Å². The van der Waals surface area contributed by atoms with Gasteiger partial charge in [-0.25, -0.2) is 13.8 Å². The predicted octanol–water partition coefficient (Wildman–Crippen LogP) is 4.39. The molecule has 5 nitrogen and oxygen atoms in total. The zero-order valence-electron chi connectivity index (χ0n) is 15.2. The van der Waals surface area contributed by atoms with E-state index in [1.165, 1.54) is 19.1 Å². The number of nitrogens with one attached hydrogen (secondary N) is 1. The molecule has 3 rings (SSSR count). The van der Waals surface area contributed by atoms with Crippen molar-refractivity contribution in [2.24, 2.45) is 0 Å². The molecule has 0 saturated carbocycles. The number of amides is 1. The molecule has 1 amide bonds. The fourth-order valence-corrected chi connectivity index (χ4v) is 3.00. The molecular weight excluding hydrogens is 433 g/mol. The lowest BCUT2D eigenvalue weighted by Crippen LogP contribution is -2.46. The smallest absolute Gasteiger partial charge is 0.340 e. The molecule has 11 heteroatoms. The highest BCUT2D eigenvalue weighted by molar-refractivity contribution is 6.29. The molecule has 1 atom stereocenters. The Morgan fingerprint density at radius 1 is 1.23 bits per heavy atom. The van der Waals surface area contributed by atoms with Crippen LogP contribution in [0.15, 0.2) is 41.3 Å². The third kappa shape index (κ3) is 4.13. The second kappa shape index (κ2) is 8.02. The second-order valence-corrected chi connectivity index (χ2v) is 6.71. The molecule has 0 saturated heterocycles. The minimum Gasteiger partial charge on any atom is -0.340 e. The van der Waals surface area contributed by atoms with Crippen LogP contribution in [0.25, 0.3) is 16.7 Å². The maximum atomic E-state index is 14.4. The first-order chi connectivity index (χ1) is 14.0. The highest BCUT2D eigenvalue weighted by atomic mass is 35.5. The van der Waals surface area contributed by atoms with E-state index in [9.17, 15) is 31.5 Å².